The van der Waals surface area contributed by atoms with Gasteiger partial charge in [-0.15, -0.1) is 0 Å². The second-order valence-electron chi connectivity index (χ2n) is 3.52. The average Bonchev–Trinajstić information content (AvgIpc) is 2.42. The van der Waals surface area contributed by atoms with Crippen molar-refractivity contribution in [2.75, 3.05) is 6.61 Å². The van der Waals surface area contributed by atoms with E-state index in [2.05, 4.69) is 0 Å². The van der Waals surface area contributed by atoms with Gasteiger partial charge in [-0.05, 0) is 0 Å². The minimum Gasteiger partial charge on any atom is -0.479 e. The first-order chi connectivity index (χ1) is 9.54. The van der Waals surface area contributed by atoms with E-state index >= 15 is 0 Å². The van der Waals surface area contributed by atoms with Crippen LogP contribution in [0.3, 0.4) is 0 Å². The molecule has 12 heteroatoms. The second kappa shape index (κ2) is 13.2. The Morgan fingerprint density at radius 3 is 1.41 bits per heavy atom. The maximum absolute atomic E-state index is 10.1. The van der Waals surface area contributed by atoms with Gasteiger partial charge in [0.05, 0.1) is 6.61 Å². The molecule has 0 aliphatic carbocycles. The summed E-state index contributed by atoms with van der Waals surface area (Å²) in [6, 6.07) is 0. The van der Waals surface area contributed by atoms with Gasteiger partial charge in [0.15, 0.2) is 6.10 Å². The van der Waals surface area contributed by atoms with Gasteiger partial charge in [-0.1, -0.05) is 0 Å². The molecule has 0 rings (SSSR count). The number of hydrogen-bond acceptors (Lipinski definition) is 8. The van der Waals surface area contributed by atoms with Crippen LogP contribution in [0.15, 0.2) is 12.2 Å². The molecule has 0 aromatic carbocycles. The summed E-state index contributed by atoms with van der Waals surface area (Å²) in [5, 5.41) is 67.4. The van der Waals surface area contributed by atoms with E-state index in [1.165, 1.54) is 0 Å². The van der Waals surface area contributed by atoms with Crippen LogP contribution in [0.4, 0.5) is 0 Å². The summed E-state index contributed by atoms with van der Waals surface area (Å²) >= 11 is 0. The average molecular weight is 368 g/mol. The molecule has 8 N–H and O–H groups in total. The van der Waals surface area contributed by atoms with Gasteiger partial charge in [-0.2, -0.15) is 0 Å². The van der Waals surface area contributed by atoms with Crippen LogP contribution in [0, 0.1) is 0 Å². The van der Waals surface area contributed by atoms with Gasteiger partial charge in [0.1, 0.15) is 18.3 Å². The molecule has 0 heterocycles. The van der Waals surface area contributed by atoms with Crippen LogP contribution in [0.5, 0.6) is 0 Å². The minimum absolute atomic E-state index is 0. The molecule has 0 aliphatic rings. The first kappa shape index (κ1) is 25.4. The number of aliphatic hydroxyl groups is 5. The van der Waals surface area contributed by atoms with E-state index in [9.17, 15) is 14.4 Å². The van der Waals surface area contributed by atoms with Crippen LogP contribution in [0.1, 0.15) is 0 Å². The summed E-state index contributed by atoms with van der Waals surface area (Å²) in [5.41, 5.74) is 0. The van der Waals surface area contributed by atoms with Crippen LogP contribution in [0.25, 0.3) is 0 Å². The van der Waals surface area contributed by atoms with E-state index < -0.39 is 48.9 Å². The van der Waals surface area contributed by atoms with Crippen molar-refractivity contribution in [3.8, 4) is 0 Å². The summed E-state index contributed by atoms with van der Waals surface area (Å²) in [7, 11) is 0. The summed E-state index contributed by atoms with van der Waals surface area (Å²) in [6.07, 6.45) is -6.72. The van der Waals surface area contributed by atoms with Gasteiger partial charge in [0.25, 0.3) is 0 Å². The van der Waals surface area contributed by atoms with Crippen LogP contribution in [-0.4, -0.2) is 89.8 Å². The molecule has 0 fully saturated rings. The number of aliphatic carboxylic acids is 3. The van der Waals surface area contributed by atoms with E-state index in [1.54, 1.807) is 0 Å². The third kappa shape index (κ3) is 12.2. The van der Waals surface area contributed by atoms with Crippen LogP contribution >= 0.6 is 0 Å². The molecule has 0 aliphatic heterocycles. The van der Waals surface area contributed by atoms with Crippen molar-refractivity contribution in [3.63, 3.8) is 0 Å². The topological polar surface area (TPSA) is 213 Å². The van der Waals surface area contributed by atoms with Crippen LogP contribution in [-0.2, 0) is 31.5 Å². The van der Waals surface area contributed by atoms with Crippen molar-refractivity contribution >= 4 is 17.9 Å². The van der Waals surface area contributed by atoms with Gasteiger partial charge >= 0.3 is 35.0 Å². The Balaban J connectivity index is -0.000000348. The predicted molar refractivity (Wildman–Crippen MR) is 63.2 cm³/mol. The van der Waals surface area contributed by atoms with E-state index in [1.807, 2.05) is 0 Å². The van der Waals surface area contributed by atoms with E-state index in [4.69, 9.17) is 40.9 Å². The predicted octanol–water partition coefficient (Wildman–Crippen LogP) is -3.78. The second-order valence-corrected chi connectivity index (χ2v) is 3.52. The Kier molecular flexibility index (Phi) is 15.2. The zero-order chi connectivity index (χ0) is 17.2. The summed E-state index contributed by atoms with van der Waals surface area (Å²) < 4.78 is 0. The van der Waals surface area contributed by atoms with Crippen molar-refractivity contribution in [1.29, 1.82) is 0 Å². The number of carboxylic acid groups (broad SMARTS) is 3. The molecule has 0 saturated carbocycles. The Bertz CT molecular complexity index is 367. The largest absolute Gasteiger partial charge is 2.00 e. The fourth-order valence-electron chi connectivity index (χ4n) is 0.811. The molecule has 0 aromatic heterocycles. The SMILES string of the molecule is O=C(O)/C=C/C(=O)O.O=C(O)[C@H](O)[C@@H](O)[C@H](O)[C@H](O)CO.[Fe+2]. The number of rotatable bonds is 7. The maximum Gasteiger partial charge on any atom is 2.00 e. The van der Waals surface area contributed by atoms with E-state index in [0.29, 0.717) is 12.2 Å². The number of hydrogen-bond donors (Lipinski definition) is 8. The summed E-state index contributed by atoms with van der Waals surface area (Å²) in [4.78, 5) is 29.2. The standard InChI is InChI=1S/C6H12O7.C4H4O4.Fe/c7-1-2(8)3(9)4(10)5(11)6(12)13;5-3(6)1-2-4(7)8;/h2-5,7-11H,1H2,(H,12,13);1-2H,(H,5,6)(H,7,8);/q;;+2/b;2-1+;/t2-,3-,4+,5-;;/m1../s1. The van der Waals surface area contributed by atoms with Crippen molar-refractivity contribution in [2.45, 2.75) is 24.4 Å². The van der Waals surface area contributed by atoms with Crippen molar-refractivity contribution in [3.05, 3.63) is 12.2 Å². The molecule has 0 amide bonds. The van der Waals surface area contributed by atoms with Crippen molar-refractivity contribution in [1.82, 2.24) is 0 Å². The smallest absolute Gasteiger partial charge is 0.479 e. The molecule has 0 bridgehead atoms. The summed E-state index contributed by atoms with van der Waals surface area (Å²) in [5.74, 6) is -4.24. The molecule has 0 spiro atoms. The number of carbonyl (C=O) groups is 3. The minimum atomic E-state index is -2.20. The molecule has 0 unspecified atom stereocenters. The van der Waals surface area contributed by atoms with E-state index in [0.717, 1.165) is 0 Å². The third-order valence-corrected chi connectivity index (χ3v) is 1.88. The van der Waals surface area contributed by atoms with Gasteiger partial charge in [-0.25, -0.2) is 14.4 Å². The Morgan fingerprint density at radius 1 is 0.818 bits per heavy atom. The molecule has 0 saturated heterocycles. The number of carboxylic acids is 3. The molecule has 11 nitrogen and oxygen atoms in total. The molecular weight excluding hydrogens is 352 g/mol. The Labute approximate surface area is 134 Å². The van der Waals surface area contributed by atoms with Gasteiger partial charge in [-0.3, -0.25) is 0 Å². The molecular formula is C10H16FeO11+2. The van der Waals surface area contributed by atoms with Crippen LogP contribution < -0.4 is 0 Å². The van der Waals surface area contributed by atoms with Gasteiger partial charge in [0.2, 0.25) is 0 Å². The molecule has 0 aromatic rings. The molecule has 22 heavy (non-hydrogen) atoms. The monoisotopic (exact) mass is 368 g/mol. The molecule has 4 atom stereocenters. The fourth-order valence-corrected chi connectivity index (χ4v) is 0.811. The van der Waals surface area contributed by atoms with Crippen molar-refractivity contribution in [2.24, 2.45) is 0 Å². The molecule has 128 valence electrons. The maximum atomic E-state index is 10.1. The number of aliphatic hydroxyl groups excluding tert-OH is 5. The zero-order valence-corrected chi connectivity index (χ0v) is 11.9. The zero-order valence-electron chi connectivity index (χ0n) is 10.8. The summed E-state index contributed by atoms with van der Waals surface area (Å²) in [6.45, 7) is -0.843. The Morgan fingerprint density at radius 2 is 1.18 bits per heavy atom. The van der Waals surface area contributed by atoms with Gasteiger partial charge < -0.3 is 40.9 Å². The Hall–Kier alpha value is -1.53. The van der Waals surface area contributed by atoms with Crippen LogP contribution in [0.2, 0.25) is 0 Å². The quantitative estimate of drug-likeness (QED) is 0.161. The first-order valence-corrected chi connectivity index (χ1v) is 5.24. The first-order valence-electron chi connectivity index (χ1n) is 5.24. The van der Waals surface area contributed by atoms with Crippen molar-refractivity contribution < 1.29 is 72.3 Å². The van der Waals surface area contributed by atoms with E-state index in [-0.39, 0.29) is 17.1 Å². The third-order valence-electron chi connectivity index (χ3n) is 1.88. The fraction of sp³-hybridized carbons (Fsp3) is 0.500. The normalized spacial score (nSPS) is 15.5. The van der Waals surface area contributed by atoms with Gasteiger partial charge in [0, 0.05) is 12.2 Å². The molecule has 0 radical (unpaired) electrons.